The summed E-state index contributed by atoms with van der Waals surface area (Å²) in [6.45, 7) is 6.84. The lowest BCUT2D eigenvalue weighted by molar-refractivity contribution is -0.137. The molecular weight excluding hydrogens is 295 g/mol. The maximum absolute atomic E-state index is 12.8. The van der Waals surface area contributed by atoms with E-state index in [2.05, 4.69) is 5.32 Å². The van der Waals surface area contributed by atoms with E-state index in [1.54, 1.807) is 27.7 Å². The van der Waals surface area contributed by atoms with Crippen LogP contribution < -0.4 is 5.32 Å². The van der Waals surface area contributed by atoms with Gasteiger partial charge in [0.05, 0.1) is 5.56 Å². The van der Waals surface area contributed by atoms with Gasteiger partial charge in [-0.3, -0.25) is 0 Å². The molecule has 0 bridgehead atoms. The van der Waals surface area contributed by atoms with Gasteiger partial charge in [-0.2, -0.15) is 13.2 Å². The second-order valence-corrected chi connectivity index (χ2v) is 5.88. The van der Waals surface area contributed by atoms with Crippen LogP contribution >= 0.6 is 0 Å². The maximum atomic E-state index is 12.8. The molecule has 1 aromatic rings. The zero-order valence-electron chi connectivity index (χ0n) is 13.0. The Morgan fingerprint density at radius 2 is 1.82 bits per heavy atom. The van der Waals surface area contributed by atoms with Crippen LogP contribution in [-0.2, 0) is 10.9 Å². The Bertz CT molecular complexity index is 545. The Morgan fingerprint density at radius 3 is 2.36 bits per heavy atom. The Hall–Kier alpha value is -1.98. The number of alkyl halides is 3. The number of carbonyl (C=O) groups excluding carboxylic acids is 1. The van der Waals surface area contributed by atoms with Gasteiger partial charge >= 0.3 is 12.3 Å². The molecule has 6 heteroatoms. The monoisotopic (exact) mass is 315 g/mol. The minimum atomic E-state index is -4.41. The third-order valence-electron chi connectivity index (χ3n) is 2.58. The lowest BCUT2D eigenvalue weighted by Crippen LogP contribution is -2.36. The Labute approximate surface area is 128 Å². The van der Waals surface area contributed by atoms with E-state index in [4.69, 9.17) is 4.74 Å². The molecule has 0 radical (unpaired) electrons. The van der Waals surface area contributed by atoms with Crippen molar-refractivity contribution in [3.8, 4) is 0 Å². The second-order valence-electron chi connectivity index (χ2n) is 5.88. The third kappa shape index (κ3) is 6.20. The molecule has 0 saturated carbocycles. The van der Waals surface area contributed by atoms with Crippen molar-refractivity contribution in [2.24, 2.45) is 0 Å². The maximum Gasteiger partial charge on any atom is 0.416 e. The highest BCUT2D eigenvalue weighted by molar-refractivity contribution is 5.68. The van der Waals surface area contributed by atoms with Crippen molar-refractivity contribution in [3.63, 3.8) is 0 Å². The largest absolute Gasteiger partial charge is 0.444 e. The Kier molecular flexibility index (Phi) is 5.63. The van der Waals surface area contributed by atoms with Crippen molar-refractivity contribution in [2.75, 3.05) is 0 Å². The van der Waals surface area contributed by atoms with Gasteiger partial charge in [0.15, 0.2) is 0 Å². The Morgan fingerprint density at radius 1 is 1.23 bits per heavy atom. The number of hydrogen-bond acceptors (Lipinski definition) is 2. The molecule has 1 aromatic carbocycles. The van der Waals surface area contributed by atoms with Crippen molar-refractivity contribution in [1.29, 1.82) is 0 Å². The molecule has 1 amide bonds. The number of amides is 1. The molecule has 0 heterocycles. The molecule has 0 saturated heterocycles. The first-order valence-corrected chi connectivity index (χ1v) is 6.83. The summed E-state index contributed by atoms with van der Waals surface area (Å²) in [5, 5.41) is 2.54. The van der Waals surface area contributed by atoms with E-state index in [0.29, 0.717) is 0 Å². The number of benzene rings is 1. The molecular formula is C16H20F3NO2. The van der Waals surface area contributed by atoms with E-state index >= 15 is 0 Å². The van der Waals surface area contributed by atoms with Gasteiger partial charge in [0.2, 0.25) is 0 Å². The van der Waals surface area contributed by atoms with Crippen molar-refractivity contribution in [1.82, 2.24) is 5.32 Å². The van der Waals surface area contributed by atoms with Gasteiger partial charge < -0.3 is 10.1 Å². The van der Waals surface area contributed by atoms with E-state index in [1.165, 1.54) is 30.4 Å². The molecule has 1 atom stereocenters. The Balaban J connectivity index is 2.75. The smallest absolute Gasteiger partial charge is 0.416 e. The zero-order chi connectivity index (χ0) is 17.0. The number of rotatable bonds is 3. The van der Waals surface area contributed by atoms with Crippen LogP contribution in [0.2, 0.25) is 0 Å². The standard InChI is InChI=1S/C16H20F3NO2/c1-11(20-14(21)22-15(2,3)4)9-10-12-7-5-6-8-13(12)16(17,18)19/h5-11H,1-4H3,(H,20,21)/b10-9-. The zero-order valence-corrected chi connectivity index (χ0v) is 13.0. The topological polar surface area (TPSA) is 38.3 Å². The highest BCUT2D eigenvalue weighted by Crippen LogP contribution is 2.32. The van der Waals surface area contributed by atoms with Gasteiger partial charge in [-0.05, 0) is 39.3 Å². The quantitative estimate of drug-likeness (QED) is 0.883. The molecule has 3 nitrogen and oxygen atoms in total. The number of ether oxygens (including phenoxy) is 1. The van der Waals surface area contributed by atoms with Crippen molar-refractivity contribution in [3.05, 3.63) is 41.5 Å². The molecule has 1 N–H and O–H groups in total. The summed E-state index contributed by atoms with van der Waals surface area (Å²) in [5.74, 6) is 0. The molecule has 0 spiro atoms. The summed E-state index contributed by atoms with van der Waals surface area (Å²) in [5.41, 5.74) is -1.29. The molecule has 1 unspecified atom stereocenters. The van der Waals surface area contributed by atoms with Gasteiger partial charge in [-0.25, -0.2) is 4.79 Å². The molecule has 22 heavy (non-hydrogen) atoms. The predicted molar refractivity (Wildman–Crippen MR) is 79.3 cm³/mol. The number of carbonyl (C=O) groups is 1. The van der Waals surface area contributed by atoms with E-state index < -0.39 is 29.5 Å². The van der Waals surface area contributed by atoms with E-state index in [1.807, 2.05) is 0 Å². The number of hydrogen-bond donors (Lipinski definition) is 1. The first-order valence-electron chi connectivity index (χ1n) is 6.83. The minimum absolute atomic E-state index is 0.0489. The second kappa shape index (κ2) is 6.85. The summed E-state index contributed by atoms with van der Waals surface area (Å²) in [7, 11) is 0. The molecule has 0 fully saturated rings. The SMILES string of the molecule is CC(/C=C\c1ccccc1C(F)(F)F)NC(=O)OC(C)(C)C. The molecule has 0 aliphatic carbocycles. The molecule has 0 aliphatic heterocycles. The van der Waals surface area contributed by atoms with Crippen LogP contribution in [0.25, 0.3) is 6.08 Å². The average Bonchev–Trinajstić information content (AvgIpc) is 2.33. The van der Waals surface area contributed by atoms with E-state index in [0.717, 1.165) is 6.07 Å². The van der Waals surface area contributed by atoms with Crippen molar-refractivity contribution < 1.29 is 22.7 Å². The average molecular weight is 315 g/mol. The first kappa shape index (κ1) is 18.1. The summed E-state index contributed by atoms with van der Waals surface area (Å²) >= 11 is 0. The fourth-order valence-electron chi connectivity index (χ4n) is 1.69. The van der Waals surface area contributed by atoms with E-state index in [-0.39, 0.29) is 5.56 Å². The summed E-state index contributed by atoms with van der Waals surface area (Å²) in [6, 6.07) is 4.80. The van der Waals surface area contributed by atoms with Crippen LogP contribution in [0.5, 0.6) is 0 Å². The van der Waals surface area contributed by atoms with Gasteiger partial charge in [-0.1, -0.05) is 30.4 Å². The summed E-state index contributed by atoms with van der Waals surface area (Å²) in [6.07, 6.45) is -2.21. The molecule has 122 valence electrons. The molecule has 0 aliphatic rings. The van der Waals surface area contributed by atoms with Gasteiger partial charge in [0, 0.05) is 6.04 Å². The number of nitrogens with one attached hydrogen (secondary N) is 1. The van der Waals surface area contributed by atoms with Crippen molar-refractivity contribution in [2.45, 2.75) is 45.5 Å². The highest BCUT2D eigenvalue weighted by Gasteiger charge is 2.32. The van der Waals surface area contributed by atoms with Gasteiger partial charge in [0.1, 0.15) is 5.60 Å². The number of alkyl carbamates (subject to hydrolysis) is 1. The van der Waals surface area contributed by atoms with Crippen LogP contribution in [0, 0.1) is 0 Å². The highest BCUT2D eigenvalue weighted by atomic mass is 19.4. The van der Waals surface area contributed by atoms with E-state index in [9.17, 15) is 18.0 Å². The lowest BCUT2D eigenvalue weighted by atomic mass is 10.1. The van der Waals surface area contributed by atoms with Crippen LogP contribution in [0.1, 0.15) is 38.8 Å². The van der Waals surface area contributed by atoms with Crippen molar-refractivity contribution >= 4 is 12.2 Å². The normalized spacial score (nSPS) is 14.0. The summed E-state index contributed by atoms with van der Waals surface area (Å²) < 4.78 is 43.6. The lowest BCUT2D eigenvalue weighted by Gasteiger charge is -2.21. The molecule has 1 rings (SSSR count). The number of halogens is 3. The van der Waals surface area contributed by atoms with Gasteiger partial charge in [0.25, 0.3) is 0 Å². The minimum Gasteiger partial charge on any atom is -0.444 e. The third-order valence-corrected chi connectivity index (χ3v) is 2.58. The van der Waals surface area contributed by atoms with Gasteiger partial charge in [-0.15, -0.1) is 0 Å². The van der Waals surface area contributed by atoms with Crippen LogP contribution in [0.15, 0.2) is 30.3 Å². The fourth-order valence-corrected chi connectivity index (χ4v) is 1.69. The van der Waals surface area contributed by atoms with Crippen LogP contribution in [0.3, 0.4) is 0 Å². The van der Waals surface area contributed by atoms with Crippen LogP contribution in [-0.4, -0.2) is 17.7 Å². The predicted octanol–water partition coefficient (Wildman–Crippen LogP) is 4.63. The van der Waals surface area contributed by atoms with Crippen LogP contribution in [0.4, 0.5) is 18.0 Å². The molecule has 0 aromatic heterocycles. The first-order chi connectivity index (χ1) is 9.99. The summed E-state index contributed by atoms with van der Waals surface area (Å²) in [4.78, 5) is 11.6. The fraction of sp³-hybridized carbons (Fsp3) is 0.438.